The van der Waals surface area contributed by atoms with Crippen LogP contribution in [-0.4, -0.2) is 13.4 Å². The Balaban J connectivity index is 2.40. The van der Waals surface area contributed by atoms with Gasteiger partial charge in [0.05, 0.1) is 28.5 Å². The Morgan fingerprint density at radius 2 is 1.95 bits per heavy atom. The van der Waals surface area contributed by atoms with E-state index in [4.69, 9.17) is 28.5 Å². The van der Waals surface area contributed by atoms with Gasteiger partial charge in [0.15, 0.2) is 0 Å². The predicted octanol–water partition coefficient (Wildman–Crippen LogP) is 3.06. The highest BCUT2D eigenvalue weighted by atomic mass is 35.5. The van der Waals surface area contributed by atoms with Crippen LogP contribution < -0.4 is 4.72 Å². The molecule has 1 aromatic heterocycles. The fraction of sp³-hybridized carbons (Fsp3) is 0. The minimum absolute atomic E-state index is 0.0263. The molecule has 0 atom stereocenters. The molecule has 0 radical (unpaired) electrons. The number of hydrogen-bond acceptors (Lipinski definition) is 4. The van der Waals surface area contributed by atoms with Gasteiger partial charge in [-0.1, -0.05) is 23.2 Å². The van der Waals surface area contributed by atoms with E-state index >= 15 is 0 Å². The molecule has 2 aromatic rings. The van der Waals surface area contributed by atoms with Crippen molar-refractivity contribution in [3.63, 3.8) is 0 Å². The van der Waals surface area contributed by atoms with Gasteiger partial charge in [-0.25, -0.2) is 13.4 Å². The Bertz CT molecular complexity index is 783. The number of benzene rings is 1. The summed E-state index contributed by atoms with van der Waals surface area (Å²) >= 11 is 11.5. The Labute approximate surface area is 125 Å². The number of halogens is 2. The van der Waals surface area contributed by atoms with E-state index in [1.54, 1.807) is 0 Å². The van der Waals surface area contributed by atoms with Crippen LogP contribution in [0.2, 0.25) is 10.2 Å². The highest BCUT2D eigenvalue weighted by Crippen LogP contribution is 2.24. The monoisotopic (exact) mass is 327 g/mol. The van der Waals surface area contributed by atoms with Crippen LogP contribution >= 0.6 is 23.2 Å². The average Bonchev–Trinajstić information content (AvgIpc) is 2.41. The van der Waals surface area contributed by atoms with Crippen molar-refractivity contribution in [3.8, 4) is 6.07 Å². The molecule has 0 aliphatic rings. The minimum atomic E-state index is -3.91. The predicted molar refractivity (Wildman–Crippen MR) is 76.2 cm³/mol. The second-order valence-corrected chi connectivity index (χ2v) is 6.18. The molecule has 0 bridgehead atoms. The van der Waals surface area contributed by atoms with Crippen LogP contribution in [0, 0.1) is 11.3 Å². The summed E-state index contributed by atoms with van der Waals surface area (Å²) in [5, 5.41) is 9.08. The molecule has 5 nitrogen and oxygen atoms in total. The summed E-state index contributed by atoms with van der Waals surface area (Å²) in [5.41, 5.74) is 0.442. The molecule has 8 heteroatoms. The van der Waals surface area contributed by atoms with Gasteiger partial charge in [-0.3, -0.25) is 4.72 Å². The maximum Gasteiger partial charge on any atom is 0.263 e. The van der Waals surface area contributed by atoms with E-state index in [-0.39, 0.29) is 26.3 Å². The average molecular weight is 328 g/mol. The molecule has 0 saturated heterocycles. The minimum Gasteiger partial charge on any atom is -0.278 e. The maximum atomic E-state index is 12.2. The lowest BCUT2D eigenvalue weighted by atomic mass is 10.2. The zero-order chi connectivity index (χ0) is 14.8. The van der Waals surface area contributed by atoms with Crippen molar-refractivity contribution in [1.82, 2.24) is 4.98 Å². The second-order valence-electron chi connectivity index (χ2n) is 3.73. The fourth-order valence-corrected chi connectivity index (χ4v) is 3.11. The first-order valence-corrected chi connectivity index (χ1v) is 7.50. The largest absolute Gasteiger partial charge is 0.278 e. The van der Waals surface area contributed by atoms with Gasteiger partial charge >= 0.3 is 0 Å². The molecule has 102 valence electrons. The second kappa shape index (κ2) is 5.67. The number of sulfonamides is 1. The van der Waals surface area contributed by atoms with Crippen molar-refractivity contribution in [3.05, 3.63) is 52.3 Å². The topological polar surface area (TPSA) is 82.8 Å². The van der Waals surface area contributed by atoms with Crippen LogP contribution in [0.1, 0.15) is 5.56 Å². The molecule has 0 aliphatic carbocycles. The third-order valence-corrected chi connectivity index (χ3v) is 4.42. The fourth-order valence-electron chi connectivity index (χ4n) is 1.43. The van der Waals surface area contributed by atoms with Crippen molar-refractivity contribution < 1.29 is 8.42 Å². The normalized spacial score (nSPS) is 10.8. The number of nitrogens with one attached hydrogen (secondary N) is 1. The number of nitriles is 1. The number of hydrogen-bond donors (Lipinski definition) is 1. The van der Waals surface area contributed by atoms with E-state index in [9.17, 15) is 8.42 Å². The van der Waals surface area contributed by atoms with Crippen molar-refractivity contribution in [1.29, 1.82) is 5.26 Å². The molecule has 0 spiro atoms. The highest BCUT2D eigenvalue weighted by molar-refractivity contribution is 7.92. The van der Waals surface area contributed by atoms with E-state index in [2.05, 4.69) is 9.71 Å². The van der Waals surface area contributed by atoms with Crippen LogP contribution in [0.4, 0.5) is 5.69 Å². The van der Waals surface area contributed by atoms with Gasteiger partial charge in [0.2, 0.25) is 0 Å². The van der Waals surface area contributed by atoms with Gasteiger partial charge in [-0.2, -0.15) is 5.26 Å². The Morgan fingerprint density at radius 3 is 2.55 bits per heavy atom. The summed E-state index contributed by atoms with van der Waals surface area (Å²) in [4.78, 5) is 3.59. The molecule has 1 heterocycles. The van der Waals surface area contributed by atoms with E-state index in [1.807, 2.05) is 6.07 Å². The third kappa shape index (κ3) is 3.20. The number of anilines is 1. The number of pyridine rings is 1. The van der Waals surface area contributed by atoms with E-state index < -0.39 is 10.0 Å². The van der Waals surface area contributed by atoms with Crippen LogP contribution in [-0.2, 0) is 10.0 Å². The zero-order valence-corrected chi connectivity index (χ0v) is 12.2. The standard InChI is InChI=1S/C12H7Cl2N3O2S/c13-10-3-1-8(6-15)5-11(10)20(18,19)17-9-2-4-12(14)16-7-9/h1-5,7,17H. The van der Waals surface area contributed by atoms with Crippen LogP contribution in [0.25, 0.3) is 0 Å². The van der Waals surface area contributed by atoms with Gasteiger partial charge in [0.25, 0.3) is 10.0 Å². The highest BCUT2D eigenvalue weighted by Gasteiger charge is 2.19. The molecular weight excluding hydrogens is 321 g/mol. The summed E-state index contributed by atoms with van der Waals surface area (Å²) in [5.74, 6) is 0. The molecule has 0 amide bonds. The molecule has 0 saturated carbocycles. The molecule has 1 aromatic carbocycles. The molecule has 2 rings (SSSR count). The van der Waals surface area contributed by atoms with Crippen LogP contribution in [0.5, 0.6) is 0 Å². The van der Waals surface area contributed by atoms with Crippen molar-refractivity contribution in [2.45, 2.75) is 4.90 Å². The van der Waals surface area contributed by atoms with Crippen LogP contribution in [0.15, 0.2) is 41.4 Å². The first-order valence-electron chi connectivity index (χ1n) is 5.26. The van der Waals surface area contributed by atoms with E-state index in [0.717, 1.165) is 0 Å². The number of nitrogens with zero attached hydrogens (tertiary/aromatic N) is 2. The smallest absolute Gasteiger partial charge is 0.263 e. The lowest BCUT2D eigenvalue weighted by molar-refractivity contribution is 0.601. The molecule has 1 N–H and O–H groups in total. The van der Waals surface area contributed by atoms with Gasteiger partial charge in [0, 0.05) is 0 Å². The molecule has 0 fully saturated rings. The quantitative estimate of drug-likeness (QED) is 0.878. The number of aromatic nitrogens is 1. The molecule has 20 heavy (non-hydrogen) atoms. The Morgan fingerprint density at radius 1 is 1.20 bits per heavy atom. The summed E-state index contributed by atoms with van der Waals surface area (Å²) in [6.45, 7) is 0. The van der Waals surface area contributed by atoms with Crippen molar-refractivity contribution in [2.24, 2.45) is 0 Å². The van der Waals surface area contributed by atoms with Crippen molar-refractivity contribution >= 4 is 38.9 Å². The number of rotatable bonds is 3. The van der Waals surface area contributed by atoms with E-state index in [0.29, 0.717) is 0 Å². The maximum absolute atomic E-state index is 12.2. The van der Waals surface area contributed by atoms with Crippen molar-refractivity contribution in [2.75, 3.05) is 4.72 Å². The van der Waals surface area contributed by atoms with Gasteiger partial charge in [-0.15, -0.1) is 0 Å². The third-order valence-electron chi connectivity index (χ3n) is 2.33. The summed E-state index contributed by atoms with van der Waals surface area (Å²) in [7, 11) is -3.91. The lowest BCUT2D eigenvalue weighted by Gasteiger charge is -2.09. The van der Waals surface area contributed by atoms with Crippen LogP contribution in [0.3, 0.4) is 0 Å². The molecule has 0 aliphatic heterocycles. The Hall–Kier alpha value is -1.81. The first-order chi connectivity index (χ1) is 9.42. The van der Waals surface area contributed by atoms with Gasteiger partial charge in [0.1, 0.15) is 10.0 Å². The zero-order valence-electron chi connectivity index (χ0n) is 9.84. The molecular formula is C12H7Cl2N3O2S. The SMILES string of the molecule is N#Cc1ccc(Cl)c(S(=O)(=O)Nc2ccc(Cl)nc2)c1. The summed E-state index contributed by atoms with van der Waals surface area (Å²) in [6, 6.07) is 8.77. The van der Waals surface area contributed by atoms with Gasteiger partial charge < -0.3 is 0 Å². The molecule has 0 unspecified atom stereocenters. The summed E-state index contributed by atoms with van der Waals surface area (Å²) in [6.07, 6.45) is 1.28. The summed E-state index contributed by atoms with van der Waals surface area (Å²) < 4.78 is 26.7. The van der Waals surface area contributed by atoms with E-state index in [1.165, 1.54) is 36.5 Å². The Kier molecular flexibility index (Phi) is 4.14. The first kappa shape index (κ1) is 14.6. The lowest BCUT2D eigenvalue weighted by Crippen LogP contribution is -2.13. The van der Waals surface area contributed by atoms with Gasteiger partial charge in [-0.05, 0) is 30.3 Å².